The Balaban J connectivity index is 2.08. The molecule has 2 rings (SSSR count). The fraction of sp³-hybridized carbons (Fsp3) is 0.545. The first-order valence-electron chi connectivity index (χ1n) is 5.24. The minimum absolute atomic E-state index is 0.195. The number of rotatable bonds is 3. The Kier molecular flexibility index (Phi) is 3.07. The molecule has 2 unspecified atom stereocenters. The highest BCUT2D eigenvalue weighted by atomic mass is 32.1. The Morgan fingerprint density at radius 3 is 3.07 bits per heavy atom. The summed E-state index contributed by atoms with van der Waals surface area (Å²) in [5.74, 6) is 0.586. The lowest BCUT2D eigenvalue weighted by Crippen LogP contribution is -2.29. The van der Waals surface area contributed by atoms with Gasteiger partial charge in [0.15, 0.2) is 0 Å². The quantitative estimate of drug-likeness (QED) is 0.848. The van der Waals surface area contributed by atoms with Gasteiger partial charge in [-0.2, -0.15) is 11.3 Å². The van der Waals surface area contributed by atoms with E-state index in [-0.39, 0.29) is 11.9 Å². The van der Waals surface area contributed by atoms with Crippen molar-refractivity contribution < 1.29 is 4.79 Å². The number of likely N-dealkylation sites (tertiary alicyclic amines) is 1. The van der Waals surface area contributed by atoms with Crippen LogP contribution in [-0.2, 0) is 4.79 Å². The van der Waals surface area contributed by atoms with Crippen LogP contribution in [0, 0.1) is 5.92 Å². The third-order valence-electron chi connectivity index (χ3n) is 3.06. The second-order valence-corrected chi connectivity index (χ2v) is 4.86. The number of carbonyl (C=O) groups excluding carboxylic acids is 1. The molecule has 1 fully saturated rings. The SMILES string of the molecule is CC(c1ccsc1)N1CC(CN)CC1=O. The molecule has 15 heavy (non-hydrogen) atoms. The molecular formula is C11H16N2OS. The van der Waals surface area contributed by atoms with E-state index in [0.717, 1.165) is 6.54 Å². The van der Waals surface area contributed by atoms with Crippen molar-refractivity contribution >= 4 is 17.2 Å². The van der Waals surface area contributed by atoms with Crippen molar-refractivity contribution in [3.63, 3.8) is 0 Å². The lowest BCUT2D eigenvalue weighted by Gasteiger charge is -2.24. The number of carbonyl (C=O) groups is 1. The van der Waals surface area contributed by atoms with Crippen LogP contribution in [0.4, 0.5) is 0 Å². The summed E-state index contributed by atoms with van der Waals surface area (Å²) in [4.78, 5) is 13.7. The van der Waals surface area contributed by atoms with Crippen LogP contribution in [0.3, 0.4) is 0 Å². The second-order valence-electron chi connectivity index (χ2n) is 4.08. The number of amides is 1. The maximum atomic E-state index is 11.8. The first-order chi connectivity index (χ1) is 7.22. The van der Waals surface area contributed by atoms with Gasteiger partial charge in [-0.15, -0.1) is 0 Å². The first kappa shape index (κ1) is 10.6. The molecule has 0 aromatic carbocycles. The molecule has 1 aliphatic heterocycles. The summed E-state index contributed by atoms with van der Waals surface area (Å²) in [7, 11) is 0. The van der Waals surface area contributed by atoms with Gasteiger partial charge in [0.1, 0.15) is 0 Å². The summed E-state index contributed by atoms with van der Waals surface area (Å²) in [5.41, 5.74) is 6.83. The van der Waals surface area contributed by atoms with Gasteiger partial charge in [-0.1, -0.05) is 0 Å². The minimum atomic E-state index is 0.195. The molecule has 82 valence electrons. The molecule has 0 aliphatic carbocycles. The third-order valence-corrected chi connectivity index (χ3v) is 3.77. The van der Waals surface area contributed by atoms with Crippen LogP contribution in [0.25, 0.3) is 0 Å². The standard InChI is InChI=1S/C11H16N2OS/c1-8(10-2-3-15-7-10)13-6-9(5-12)4-11(13)14/h2-3,7-9H,4-6,12H2,1H3. The van der Waals surface area contributed by atoms with E-state index in [9.17, 15) is 4.79 Å². The van der Waals surface area contributed by atoms with Crippen molar-refractivity contribution in [2.75, 3.05) is 13.1 Å². The highest BCUT2D eigenvalue weighted by Gasteiger charge is 2.32. The normalized spacial score (nSPS) is 23.5. The Morgan fingerprint density at radius 1 is 1.73 bits per heavy atom. The van der Waals surface area contributed by atoms with Gasteiger partial charge in [0.25, 0.3) is 0 Å². The zero-order valence-electron chi connectivity index (χ0n) is 8.85. The zero-order valence-corrected chi connectivity index (χ0v) is 9.67. The van der Waals surface area contributed by atoms with E-state index in [2.05, 4.69) is 18.4 Å². The molecule has 1 aromatic heterocycles. The van der Waals surface area contributed by atoms with Crippen LogP contribution in [0.5, 0.6) is 0 Å². The molecule has 0 bridgehead atoms. The lowest BCUT2D eigenvalue weighted by molar-refractivity contribution is -0.129. The average molecular weight is 224 g/mol. The summed E-state index contributed by atoms with van der Waals surface area (Å²) in [6.45, 7) is 3.50. The highest BCUT2D eigenvalue weighted by molar-refractivity contribution is 7.07. The summed E-state index contributed by atoms with van der Waals surface area (Å²) in [5, 5.41) is 4.15. The van der Waals surface area contributed by atoms with Crippen LogP contribution in [0.1, 0.15) is 24.9 Å². The van der Waals surface area contributed by atoms with Crippen LogP contribution in [0.15, 0.2) is 16.8 Å². The molecule has 3 nitrogen and oxygen atoms in total. The summed E-state index contributed by atoms with van der Waals surface area (Å²) < 4.78 is 0. The topological polar surface area (TPSA) is 46.3 Å². The van der Waals surface area contributed by atoms with Gasteiger partial charge in [0.05, 0.1) is 6.04 Å². The Labute approximate surface area is 93.9 Å². The van der Waals surface area contributed by atoms with E-state index >= 15 is 0 Å². The third kappa shape index (κ3) is 2.06. The Bertz CT molecular complexity index is 336. The molecule has 1 aromatic rings. The van der Waals surface area contributed by atoms with E-state index in [1.54, 1.807) is 11.3 Å². The predicted octanol–water partition coefficient (Wildman–Crippen LogP) is 1.62. The van der Waals surface area contributed by atoms with Crippen LogP contribution >= 0.6 is 11.3 Å². The fourth-order valence-electron chi connectivity index (χ4n) is 2.03. The minimum Gasteiger partial charge on any atom is -0.336 e. The summed E-state index contributed by atoms with van der Waals surface area (Å²) >= 11 is 1.67. The number of nitrogens with zero attached hydrogens (tertiary/aromatic N) is 1. The monoisotopic (exact) mass is 224 g/mol. The molecule has 0 spiro atoms. The van der Waals surface area contributed by atoms with E-state index < -0.39 is 0 Å². The van der Waals surface area contributed by atoms with Gasteiger partial charge in [-0.25, -0.2) is 0 Å². The van der Waals surface area contributed by atoms with Crippen molar-refractivity contribution in [1.29, 1.82) is 0 Å². The van der Waals surface area contributed by atoms with Crippen molar-refractivity contribution in [3.8, 4) is 0 Å². The van der Waals surface area contributed by atoms with Gasteiger partial charge in [-0.05, 0) is 41.8 Å². The van der Waals surface area contributed by atoms with Crippen molar-refractivity contribution in [2.45, 2.75) is 19.4 Å². The number of nitrogens with two attached hydrogens (primary N) is 1. The molecular weight excluding hydrogens is 208 g/mol. The largest absolute Gasteiger partial charge is 0.336 e. The number of hydrogen-bond acceptors (Lipinski definition) is 3. The van der Waals surface area contributed by atoms with Crippen LogP contribution < -0.4 is 5.73 Å². The van der Waals surface area contributed by atoms with Crippen molar-refractivity contribution in [1.82, 2.24) is 4.90 Å². The molecule has 2 atom stereocenters. The molecule has 2 heterocycles. The fourth-order valence-corrected chi connectivity index (χ4v) is 2.78. The lowest BCUT2D eigenvalue weighted by atomic mass is 10.1. The van der Waals surface area contributed by atoms with Gasteiger partial charge in [-0.3, -0.25) is 4.79 Å². The zero-order chi connectivity index (χ0) is 10.8. The van der Waals surface area contributed by atoms with Gasteiger partial charge >= 0.3 is 0 Å². The Morgan fingerprint density at radius 2 is 2.53 bits per heavy atom. The molecule has 2 N–H and O–H groups in total. The van der Waals surface area contributed by atoms with E-state index in [1.165, 1.54) is 5.56 Å². The van der Waals surface area contributed by atoms with Crippen molar-refractivity contribution in [3.05, 3.63) is 22.4 Å². The summed E-state index contributed by atoms with van der Waals surface area (Å²) in [6, 6.07) is 2.28. The average Bonchev–Trinajstić information content (AvgIpc) is 2.85. The second kappa shape index (κ2) is 4.33. The molecule has 1 amide bonds. The van der Waals surface area contributed by atoms with Crippen LogP contribution in [0.2, 0.25) is 0 Å². The van der Waals surface area contributed by atoms with Crippen molar-refractivity contribution in [2.24, 2.45) is 11.7 Å². The maximum absolute atomic E-state index is 11.8. The van der Waals surface area contributed by atoms with Crippen LogP contribution in [-0.4, -0.2) is 23.9 Å². The smallest absolute Gasteiger partial charge is 0.223 e. The molecule has 1 saturated heterocycles. The number of thiophene rings is 1. The van der Waals surface area contributed by atoms with E-state index in [1.807, 2.05) is 10.3 Å². The van der Waals surface area contributed by atoms with Gasteiger partial charge in [0.2, 0.25) is 5.91 Å². The first-order valence-corrected chi connectivity index (χ1v) is 6.18. The van der Waals surface area contributed by atoms with E-state index in [4.69, 9.17) is 5.73 Å². The molecule has 1 aliphatic rings. The maximum Gasteiger partial charge on any atom is 0.223 e. The number of hydrogen-bond donors (Lipinski definition) is 1. The molecule has 0 radical (unpaired) electrons. The van der Waals surface area contributed by atoms with Gasteiger partial charge < -0.3 is 10.6 Å². The summed E-state index contributed by atoms with van der Waals surface area (Å²) in [6.07, 6.45) is 0.616. The molecule has 4 heteroatoms. The molecule has 0 saturated carbocycles. The predicted molar refractivity (Wildman–Crippen MR) is 61.6 cm³/mol. The Hall–Kier alpha value is -0.870. The van der Waals surface area contributed by atoms with E-state index in [0.29, 0.717) is 18.9 Å². The van der Waals surface area contributed by atoms with Gasteiger partial charge in [0, 0.05) is 13.0 Å². The highest BCUT2D eigenvalue weighted by Crippen LogP contribution is 2.28.